The second-order valence-corrected chi connectivity index (χ2v) is 5.31. The Morgan fingerprint density at radius 1 is 1.15 bits per heavy atom. The molecule has 1 aromatic carbocycles. The molecule has 0 amide bonds. The molecule has 0 bridgehead atoms. The Morgan fingerprint density at radius 2 is 1.85 bits per heavy atom. The van der Waals surface area contributed by atoms with Gasteiger partial charge in [-0.15, -0.1) is 0 Å². The molecular formula is C16H23N3O. The third-order valence-electron chi connectivity index (χ3n) is 3.47. The molecule has 1 aromatic heterocycles. The average Bonchev–Trinajstić information content (AvgIpc) is 2.78. The Morgan fingerprint density at radius 3 is 2.50 bits per heavy atom. The van der Waals surface area contributed by atoms with Crippen LogP contribution in [0.2, 0.25) is 0 Å². The first-order chi connectivity index (χ1) is 9.58. The summed E-state index contributed by atoms with van der Waals surface area (Å²) in [6.45, 7) is 6.49. The van der Waals surface area contributed by atoms with Crippen LogP contribution in [0.25, 0.3) is 0 Å². The number of aromatic nitrogens is 3. The quantitative estimate of drug-likeness (QED) is 0.879. The summed E-state index contributed by atoms with van der Waals surface area (Å²) in [7, 11) is 0. The molecule has 1 atom stereocenters. The molecule has 0 spiro atoms. The van der Waals surface area contributed by atoms with Gasteiger partial charge in [-0.1, -0.05) is 36.8 Å². The van der Waals surface area contributed by atoms with Crippen LogP contribution in [0.3, 0.4) is 0 Å². The molecule has 2 rings (SSSR count). The third kappa shape index (κ3) is 3.90. The molecule has 108 valence electrons. The summed E-state index contributed by atoms with van der Waals surface area (Å²) < 4.78 is 1.84. The maximum absolute atomic E-state index is 9.77. The second kappa shape index (κ2) is 6.66. The van der Waals surface area contributed by atoms with Crippen molar-refractivity contribution < 1.29 is 5.11 Å². The van der Waals surface area contributed by atoms with Crippen molar-refractivity contribution in [3.63, 3.8) is 0 Å². The zero-order valence-electron chi connectivity index (χ0n) is 12.5. The van der Waals surface area contributed by atoms with Crippen LogP contribution < -0.4 is 0 Å². The lowest BCUT2D eigenvalue weighted by atomic mass is 10.1. The number of benzene rings is 1. The SMILES string of the molecule is CC[C@@H](O)Cn1nc(C)nc1CCc1ccc(C)cc1. The van der Waals surface area contributed by atoms with Crippen LogP contribution in [0, 0.1) is 13.8 Å². The fraction of sp³-hybridized carbons (Fsp3) is 0.500. The van der Waals surface area contributed by atoms with E-state index in [9.17, 15) is 5.11 Å². The van der Waals surface area contributed by atoms with Crippen LogP contribution in [0.4, 0.5) is 0 Å². The van der Waals surface area contributed by atoms with Crippen molar-refractivity contribution in [2.24, 2.45) is 0 Å². The van der Waals surface area contributed by atoms with Gasteiger partial charge in [0.05, 0.1) is 12.6 Å². The highest BCUT2D eigenvalue weighted by molar-refractivity contribution is 5.21. The molecule has 4 heteroatoms. The molecule has 0 aliphatic rings. The van der Waals surface area contributed by atoms with Gasteiger partial charge in [0.2, 0.25) is 0 Å². The summed E-state index contributed by atoms with van der Waals surface area (Å²) in [6, 6.07) is 8.58. The second-order valence-electron chi connectivity index (χ2n) is 5.31. The Hall–Kier alpha value is -1.68. The molecule has 0 aliphatic heterocycles. The molecule has 2 aromatic rings. The predicted octanol–water partition coefficient (Wildman–Crippen LogP) is 2.45. The van der Waals surface area contributed by atoms with Gasteiger partial charge in [-0.05, 0) is 32.3 Å². The van der Waals surface area contributed by atoms with Gasteiger partial charge < -0.3 is 5.11 Å². The van der Waals surface area contributed by atoms with Crippen LogP contribution in [0.1, 0.15) is 36.1 Å². The zero-order valence-corrected chi connectivity index (χ0v) is 12.5. The number of hydrogen-bond donors (Lipinski definition) is 1. The fourth-order valence-electron chi connectivity index (χ4n) is 2.17. The minimum atomic E-state index is -0.353. The lowest BCUT2D eigenvalue weighted by Crippen LogP contribution is -2.18. The Kier molecular flexibility index (Phi) is 4.90. The van der Waals surface area contributed by atoms with E-state index in [1.54, 1.807) is 0 Å². The molecule has 0 saturated carbocycles. The van der Waals surface area contributed by atoms with E-state index in [2.05, 4.69) is 41.3 Å². The van der Waals surface area contributed by atoms with Crippen LogP contribution in [-0.2, 0) is 19.4 Å². The maximum atomic E-state index is 9.77. The Bertz CT molecular complexity index is 545. The van der Waals surface area contributed by atoms with E-state index in [4.69, 9.17) is 0 Å². The van der Waals surface area contributed by atoms with Crippen LogP contribution in [0.15, 0.2) is 24.3 Å². The van der Waals surface area contributed by atoms with Gasteiger partial charge in [0, 0.05) is 6.42 Å². The lowest BCUT2D eigenvalue weighted by molar-refractivity contribution is 0.143. The topological polar surface area (TPSA) is 50.9 Å². The van der Waals surface area contributed by atoms with Crippen molar-refractivity contribution in [3.05, 3.63) is 47.0 Å². The van der Waals surface area contributed by atoms with Crippen LogP contribution >= 0.6 is 0 Å². The minimum absolute atomic E-state index is 0.353. The summed E-state index contributed by atoms with van der Waals surface area (Å²) in [5.41, 5.74) is 2.58. The number of aryl methyl sites for hydroxylation is 4. The van der Waals surface area contributed by atoms with Crippen molar-refractivity contribution >= 4 is 0 Å². The van der Waals surface area contributed by atoms with Gasteiger partial charge in [-0.3, -0.25) is 0 Å². The van der Waals surface area contributed by atoms with Crippen LogP contribution in [-0.4, -0.2) is 26.0 Å². The molecule has 0 fully saturated rings. The first-order valence-corrected chi connectivity index (χ1v) is 7.22. The molecule has 0 radical (unpaired) electrons. The van der Waals surface area contributed by atoms with E-state index in [1.807, 2.05) is 18.5 Å². The highest BCUT2D eigenvalue weighted by atomic mass is 16.3. The van der Waals surface area contributed by atoms with E-state index in [1.165, 1.54) is 11.1 Å². The summed E-state index contributed by atoms with van der Waals surface area (Å²) in [6.07, 6.45) is 2.17. The molecule has 1 N–H and O–H groups in total. The summed E-state index contributed by atoms with van der Waals surface area (Å²) in [5.74, 6) is 1.72. The van der Waals surface area contributed by atoms with Crippen molar-refractivity contribution in [3.8, 4) is 0 Å². The van der Waals surface area contributed by atoms with Crippen molar-refractivity contribution in [1.29, 1.82) is 0 Å². The largest absolute Gasteiger partial charge is 0.391 e. The van der Waals surface area contributed by atoms with Crippen molar-refractivity contribution in [2.45, 2.75) is 52.7 Å². The average molecular weight is 273 g/mol. The van der Waals surface area contributed by atoms with Gasteiger partial charge in [0.1, 0.15) is 11.6 Å². The molecule has 0 unspecified atom stereocenters. The predicted molar refractivity (Wildman–Crippen MR) is 79.6 cm³/mol. The normalized spacial score (nSPS) is 12.6. The zero-order chi connectivity index (χ0) is 14.5. The van der Waals surface area contributed by atoms with E-state index >= 15 is 0 Å². The van der Waals surface area contributed by atoms with E-state index in [0.717, 1.165) is 30.9 Å². The first-order valence-electron chi connectivity index (χ1n) is 7.22. The molecule has 4 nitrogen and oxygen atoms in total. The highest BCUT2D eigenvalue weighted by Gasteiger charge is 2.11. The Labute approximate surface area is 120 Å². The van der Waals surface area contributed by atoms with E-state index < -0.39 is 0 Å². The monoisotopic (exact) mass is 273 g/mol. The van der Waals surface area contributed by atoms with Crippen molar-refractivity contribution in [2.75, 3.05) is 0 Å². The van der Waals surface area contributed by atoms with Gasteiger partial charge >= 0.3 is 0 Å². The molecule has 1 heterocycles. The molecule has 0 aliphatic carbocycles. The maximum Gasteiger partial charge on any atom is 0.147 e. The standard InChI is InChI=1S/C16H23N3O/c1-4-15(20)11-19-16(17-13(3)18-19)10-9-14-7-5-12(2)6-8-14/h5-8,15,20H,4,9-11H2,1-3H3/t15-/m1/s1. The van der Waals surface area contributed by atoms with Crippen molar-refractivity contribution in [1.82, 2.24) is 14.8 Å². The summed E-state index contributed by atoms with van der Waals surface area (Å²) >= 11 is 0. The van der Waals surface area contributed by atoms with Gasteiger partial charge in [0.25, 0.3) is 0 Å². The third-order valence-corrected chi connectivity index (χ3v) is 3.47. The summed E-state index contributed by atoms with van der Waals surface area (Å²) in [4.78, 5) is 4.47. The number of aliphatic hydroxyl groups is 1. The van der Waals surface area contributed by atoms with Gasteiger partial charge in [-0.25, -0.2) is 9.67 Å². The van der Waals surface area contributed by atoms with E-state index in [0.29, 0.717) is 6.54 Å². The molecule has 20 heavy (non-hydrogen) atoms. The fourth-order valence-corrected chi connectivity index (χ4v) is 2.17. The first kappa shape index (κ1) is 14.7. The smallest absolute Gasteiger partial charge is 0.147 e. The minimum Gasteiger partial charge on any atom is -0.391 e. The van der Waals surface area contributed by atoms with Crippen LogP contribution in [0.5, 0.6) is 0 Å². The number of rotatable bonds is 6. The van der Waals surface area contributed by atoms with E-state index in [-0.39, 0.29) is 6.10 Å². The summed E-state index contributed by atoms with van der Waals surface area (Å²) in [5, 5.41) is 14.1. The number of aliphatic hydroxyl groups excluding tert-OH is 1. The molecular weight excluding hydrogens is 250 g/mol. The number of hydrogen-bond acceptors (Lipinski definition) is 3. The van der Waals surface area contributed by atoms with Gasteiger partial charge in [-0.2, -0.15) is 5.10 Å². The lowest BCUT2D eigenvalue weighted by Gasteiger charge is -2.10. The number of nitrogens with zero attached hydrogens (tertiary/aromatic N) is 3. The highest BCUT2D eigenvalue weighted by Crippen LogP contribution is 2.09. The molecule has 0 saturated heterocycles. The Balaban J connectivity index is 2.03. The van der Waals surface area contributed by atoms with Gasteiger partial charge in [0.15, 0.2) is 0 Å².